The summed E-state index contributed by atoms with van der Waals surface area (Å²) in [6.07, 6.45) is -1.84. The minimum atomic E-state index is -4.76. The molecule has 0 radical (unpaired) electrons. The molecule has 3 heterocycles. The fraction of sp³-hybridized carbons (Fsp3) is 0.158. The summed E-state index contributed by atoms with van der Waals surface area (Å²) in [5.41, 5.74) is -2.33. The van der Waals surface area contributed by atoms with Crippen LogP contribution in [0.2, 0.25) is 5.02 Å². The zero-order valence-electron chi connectivity index (χ0n) is 13.8. The number of fused-ring (bicyclic) bond motifs is 2. The van der Waals surface area contributed by atoms with E-state index in [2.05, 4.69) is 15.3 Å². The minimum absolute atomic E-state index is 0.0886. The molecule has 0 spiro atoms. The molecule has 0 saturated carbocycles. The molecule has 1 unspecified atom stereocenters. The molecule has 3 aromatic rings. The van der Waals surface area contributed by atoms with Gasteiger partial charge in [-0.05, 0) is 36.4 Å². The van der Waals surface area contributed by atoms with Crippen molar-refractivity contribution in [1.82, 2.24) is 9.97 Å². The molecule has 1 aromatic carbocycles. The van der Waals surface area contributed by atoms with Gasteiger partial charge in [0.1, 0.15) is 5.82 Å². The van der Waals surface area contributed by atoms with Crippen LogP contribution >= 0.6 is 11.6 Å². The quantitative estimate of drug-likeness (QED) is 0.665. The summed E-state index contributed by atoms with van der Waals surface area (Å²) in [6.45, 7) is -0.333. The number of benzene rings is 1. The Bertz CT molecular complexity index is 981. The highest BCUT2D eigenvalue weighted by molar-refractivity contribution is 6.30. The first-order valence-electron chi connectivity index (χ1n) is 8.05. The van der Waals surface area contributed by atoms with Crippen LogP contribution in [0, 0.1) is 0 Å². The van der Waals surface area contributed by atoms with Crippen LogP contribution in [0.4, 0.5) is 24.7 Å². The van der Waals surface area contributed by atoms with E-state index < -0.39 is 11.8 Å². The number of halogens is 4. The van der Waals surface area contributed by atoms with Crippen molar-refractivity contribution in [3.8, 4) is 0 Å². The fourth-order valence-electron chi connectivity index (χ4n) is 3.19. The van der Waals surface area contributed by atoms with E-state index in [-0.39, 0.29) is 34.3 Å². The molecule has 1 atom stereocenters. The van der Waals surface area contributed by atoms with Gasteiger partial charge in [-0.2, -0.15) is 13.2 Å². The summed E-state index contributed by atoms with van der Waals surface area (Å²) in [5, 5.41) is 3.11. The third kappa shape index (κ3) is 2.93. The number of aromatic nitrogens is 2. The summed E-state index contributed by atoms with van der Waals surface area (Å²) in [6, 6.07) is 12.0. The first-order valence-corrected chi connectivity index (χ1v) is 8.43. The van der Waals surface area contributed by atoms with E-state index in [4.69, 9.17) is 16.3 Å². The van der Waals surface area contributed by atoms with Crippen molar-refractivity contribution in [2.24, 2.45) is 0 Å². The highest BCUT2D eigenvalue weighted by atomic mass is 35.5. The summed E-state index contributed by atoms with van der Waals surface area (Å²) in [7, 11) is 0. The predicted molar refractivity (Wildman–Crippen MR) is 94.8 cm³/mol. The van der Waals surface area contributed by atoms with Crippen LogP contribution < -0.4 is 5.32 Å². The number of hydrogen-bond acceptors (Lipinski definition) is 4. The number of ether oxygens (including phenoxy) is 1. The average molecular weight is 392 g/mol. The lowest BCUT2D eigenvalue weighted by Crippen LogP contribution is -2.48. The van der Waals surface area contributed by atoms with E-state index in [1.165, 1.54) is 42.7 Å². The first-order chi connectivity index (χ1) is 12.9. The van der Waals surface area contributed by atoms with Gasteiger partial charge in [0.05, 0.1) is 12.3 Å². The summed E-state index contributed by atoms with van der Waals surface area (Å²) >= 11 is 6.02. The summed E-state index contributed by atoms with van der Waals surface area (Å²) < 4.78 is 49.2. The van der Waals surface area contributed by atoms with Gasteiger partial charge in [-0.15, -0.1) is 0 Å². The molecule has 4 nitrogen and oxygen atoms in total. The molecule has 0 amide bonds. The molecule has 2 aromatic heterocycles. The Morgan fingerprint density at radius 2 is 1.81 bits per heavy atom. The van der Waals surface area contributed by atoms with Crippen molar-refractivity contribution in [1.29, 1.82) is 0 Å². The second kappa shape index (κ2) is 6.51. The van der Waals surface area contributed by atoms with Crippen LogP contribution in [0.3, 0.4) is 0 Å². The second-order valence-corrected chi connectivity index (χ2v) is 6.44. The Balaban J connectivity index is 1.93. The van der Waals surface area contributed by atoms with Gasteiger partial charge >= 0.3 is 6.18 Å². The molecular formula is C19H13ClF3N3O. The normalized spacial score (nSPS) is 18.4. The smallest absolute Gasteiger partial charge is 0.350 e. The molecular weight excluding hydrogens is 379 g/mol. The molecule has 4 rings (SSSR count). The highest BCUT2D eigenvalue weighted by Gasteiger charge is 2.62. The number of hydrogen-bond donors (Lipinski definition) is 1. The fourth-order valence-corrected chi connectivity index (χ4v) is 3.36. The lowest BCUT2D eigenvalue weighted by molar-refractivity contribution is -0.271. The number of alkyl halides is 3. The van der Waals surface area contributed by atoms with Gasteiger partial charge < -0.3 is 10.1 Å². The molecule has 0 saturated heterocycles. The van der Waals surface area contributed by atoms with E-state index in [0.29, 0.717) is 5.69 Å². The van der Waals surface area contributed by atoms with E-state index in [9.17, 15) is 13.2 Å². The Hall–Kier alpha value is -2.64. The van der Waals surface area contributed by atoms with Gasteiger partial charge in [-0.25, -0.2) is 4.98 Å². The van der Waals surface area contributed by atoms with Crippen LogP contribution in [-0.4, -0.2) is 16.1 Å². The number of anilines is 2. The monoisotopic (exact) mass is 391 g/mol. The molecule has 27 heavy (non-hydrogen) atoms. The van der Waals surface area contributed by atoms with Gasteiger partial charge in [0.15, 0.2) is 0 Å². The van der Waals surface area contributed by atoms with Gasteiger partial charge in [-0.1, -0.05) is 23.7 Å². The molecule has 1 aliphatic rings. The maximum absolute atomic E-state index is 14.5. The van der Waals surface area contributed by atoms with Crippen molar-refractivity contribution in [2.75, 3.05) is 5.32 Å². The maximum Gasteiger partial charge on any atom is 0.426 e. The zero-order chi connectivity index (χ0) is 19.1. The molecule has 0 fully saturated rings. The van der Waals surface area contributed by atoms with E-state index >= 15 is 0 Å². The molecule has 8 heteroatoms. The van der Waals surface area contributed by atoms with Crippen molar-refractivity contribution < 1.29 is 17.9 Å². The van der Waals surface area contributed by atoms with Crippen molar-refractivity contribution >= 4 is 23.1 Å². The van der Waals surface area contributed by atoms with Crippen LogP contribution in [0.25, 0.3) is 0 Å². The van der Waals surface area contributed by atoms with Crippen molar-refractivity contribution in [2.45, 2.75) is 18.4 Å². The van der Waals surface area contributed by atoms with Crippen LogP contribution in [0.1, 0.15) is 16.8 Å². The van der Waals surface area contributed by atoms with E-state index in [1.807, 2.05) is 0 Å². The number of nitrogens with one attached hydrogen (secondary N) is 1. The first kappa shape index (κ1) is 17.8. The Morgan fingerprint density at radius 1 is 1.00 bits per heavy atom. The number of pyridine rings is 2. The third-order valence-electron chi connectivity index (χ3n) is 4.36. The van der Waals surface area contributed by atoms with Gasteiger partial charge in [0.2, 0.25) is 5.60 Å². The average Bonchev–Trinajstić information content (AvgIpc) is 2.65. The Labute approximate surface area is 158 Å². The molecule has 1 N–H and O–H groups in total. The molecule has 138 valence electrons. The molecule has 0 aliphatic carbocycles. The standard InChI is InChI=1S/C19H13ClF3N3O/c20-12-6-7-16-15(10-12)18(19(21,22)23,14-5-3-9-25-17(14)26-16)27-11-13-4-1-2-8-24-13/h1-10H,11H2,(H,25,26). The maximum atomic E-state index is 14.5. The van der Waals surface area contributed by atoms with Gasteiger partial charge in [0, 0.05) is 34.2 Å². The van der Waals surface area contributed by atoms with E-state index in [0.717, 1.165) is 0 Å². The van der Waals surface area contributed by atoms with Gasteiger partial charge in [-0.3, -0.25) is 4.98 Å². The van der Waals surface area contributed by atoms with Crippen LogP contribution in [0.5, 0.6) is 0 Å². The lowest BCUT2D eigenvalue weighted by Gasteiger charge is -2.41. The highest BCUT2D eigenvalue weighted by Crippen LogP contribution is 2.55. The zero-order valence-corrected chi connectivity index (χ0v) is 14.6. The SMILES string of the molecule is FC(F)(F)C1(OCc2ccccn2)c2cc(Cl)ccc2Nc2ncccc21. The van der Waals surface area contributed by atoms with Crippen molar-refractivity contribution in [3.63, 3.8) is 0 Å². The van der Waals surface area contributed by atoms with Crippen LogP contribution in [-0.2, 0) is 16.9 Å². The Kier molecular flexibility index (Phi) is 4.28. The molecule has 1 aliphatic heterocycles. The predicted octanol–water partition coefficient (Wildman–Crippen LogP) is 5.21. The van der Waals surface area contributed by atoms with Crippen molar-refractivity contribution in [3.05, 3.63) is 82.8 Å². The summed E-state index contributed by atoms with van der Waals surface area (Å²) in [4.78, 5) is 8.12. The van der Waals surface area contributed by atoms with E-state index in [1.54, 1.807) is 18.2 Å². The second-order valence-electron chi connectivity index (χ2n) is 6.00. The topological polar surface area (TPSA) is 47.0 Å². The molecule has 0 bridgehead atoms. The lowest BCUT2D eigenvalue weighted by atomic mass is 9.82. The Morgan fingerprint density at radius 3 is 2.56 bits per heavy atom. The minimum Gasteiger partial charge on any atom is -0.350 e. The number of nitrogens with zero attached hydrogens (tertiary/aromatic N) is 2. The van der Waals surface area contributed by atoms with Crippen LogP contribution in [0.15, 0.2) is 60.9 Å². The number of rotatable bonds is 3. The summed E-state index contributed by atoms with van der Waals surface area (Å²) in [5.74, 6) is 0.0886. The third-order valence-corrected chi connectivity index (χ3v) is 4.60. The largest absolute Gasteiger partial charge is 0.426 e. The van der Waals surface area contributed by atoms with Gasteiger partial charge in [0.25, 0.3) is 0 Å².